The van der Waals surface area contributed by atoms with E-state index in [2.05, 4.69) is 30.7 Å². The number of halogens is 3. The predicted octanol–water partition coefficient (Wildman–Crippen LogP) is 4.32. The molecule has 7 nitrogen and oxygen atoms in total. The van der Waals surface area contributed by atoms with Crippen LogP contribution < -0.4 is 20.7 Å². The summed E-state index contributed by atoms with van der Waals surface area (Å²) in [6.07, 6.45) is -1.06. The Morgan fingerprint density at radius 2 is 2.00 bits per heavy atom. The molecule has 3 N–H and O–H groups in total. The molecule has 1 fully saturated rings. The topological polar surface area (TPSA) is 88.2 Å². The number of hydrogen-bond donors (Lipinski definition) is 3. The van der Waals surface area contributed by atoms with Gasteiger partial charge in [0.05, 0.1) is 11.2 Å². The molecule has 174 valence electrons. The summed E-state index contributed by atoms with van der Waals surface area (Å²) in [5.74, 6) is -0.856. The standard InChI is InChI=1S/C23H24F3N5O2/c1-2-14-4-3-5-16-13-28-22(31-20(14)16)30-18-7-6-15(12-19(18)33-23(24,25)26)21(32)29-17-8-10-27-11-9-17/h3-7,12-13,17,27H,2,8-11H2,1H3,(H,29,32)(H,28,30,31). The van der Waals surface area contributed by atoms with E-state index >= 15 is 0 Å². The molecular formula is C23H24F3N5O2. The summed E-state index contributed by atoms with van der Waals surface area (Å²) >= 11 is 0. The molecule has 0 saturated carbocycles. The fraction of sp³-hybridized carbons (Fsp3) is 0.348. The van der Waals surface area contributed by atoms with Gasteiger partial charge in [0.25, 0.3) is 5.91 Å². The fourth-order valence-corrected chi connectivity index (χ4v) is 3.79. The molecule has 1 aromatic heterocycles. The SMILES string of the molecule is CCc1cccc2cnc(Nc3ccc(C(=O)NC4CCNCC4)cc3OC(F)(F)F)nc12. The van der Waals surface area contributed by atoms with Crippen LogP contribution >= 0.6 is 0 Å². The van der Waals surface area contributed by atoms with Gasteiger partial charge in [-0.15, -0.1) is 13.2 Å². The Bertz CT molecular complexity index is 1150. The minimum absolute atomic E-state index is 0.000860. The molecule has 1 saturated heterocycles. The van der Waals surface area contributed by atoms with E-state index in [1.807, 2.05) is 25.1 Å². The average molecular weight is 459 g/mol. The monoisotopic (exact) mass is 459 g/mol. The Morgan fingerprint density at radius 3 is 2.73 bits per heavy atom. The lowest BCUT2D eigenvalue weighted by Crippen LogP contribution is -2.42. The Labute approximate surface area is 188 Å². The van der Waals surface area contributed by atoms with Gasteiger partial charge in [-0.25, -0.2) is 9.97 Å². The number of benzene rings is 2. The van der Waals surface area contributed by atoms with Crippen molar-refractivity contribution >= 4 is 28.4 Å². The number of para-hydroxylation sites is 1. The Kier molecular flexibility index (Phi) is 6.64. The van der Waals surface area contributed by atoms with Crippen LogP contribution in [0.3, 0.4) is 0 Å². The van der Waals surface area contributed by atoms with E-state index in [1.54, 1.807) is 6.20 Å². The molecule has 4 rings (SSSR count). The third-order valence-corrected chi connectivity index (χ3v) is 5.47. The van der Waals surface area contributed by atoms with Gasteiger partial charge in [0, 0.05) is 23.2 Å². The smallest absolute Gasteiger partial charge is 0.404 e. The summed E-state index contributed by atoms with van der Waals surface area (Å²) < 4.78 is 43.5. The maximum atomic E-state index is 13.1. The second kappa shape index (κ2) is 9.62. The third kappa shape index (κ3) is 5.70. The van der Waals surface area contributed by atoms with Gasteiger partial charge in [-0.3, -0.25) is 4.79 Å². The Balaban J connectivity index is 1.61. The highest BCUT2D eigenvalue weighted by Crippen LogP contribution is 2.33. The molecule has 1 aliphatic rings. The first-order valence-corrected chi connectivity index (χ1v) is 10.8. The highest BCUT2D eigenvalue weighted by atomic mass is 19.4. The molecular weight excluding hydrogens is 435 g/mol. The van der Waals surface area contributed by atoms with Crippen molar-refractivity contribution in [1.29, 1.82) is 0 Å². The van der Waals surface area contributed by atoms with E-state index in [-0.39, 0.29) is 23.2 Å². The van der Waals surface area contributed by atoms with Crippen molar-refractivity contribution in [3.8, 4) is 5.75 Å². The Morgan fingerprint density at radius 1 is 1.21 bits per heavy atom. The van der Waals surface area contributed by atoms with Gasteiger partial charge in [-0.05, 0) is 56.1 Å². The van der Waals surface area contributed by atoms with Gasteiger partial charge >= 0.3 is 6.36 Å². The number of nitrogens with zero attached hydrogens (tertiary/aromatic N) is 2. The maximum absolute atomic E-state index is 13.1. The van der Waals surface area contributed by atoms with E-state index < -0.39 is 18.0 Å². The molecule has 0 aliphatic carbocycles. The van der Waals surface area contributed by atoms with Crippen LogP contribution in [0.1, 0.15) is 35.7 Å². The van der Waals surface area contributed by atoms with Gasteiger partial charge in [0.15, 0.2) is 5.75 Å². The first kappa shape index (κ1) is 22.8. The van der Waals surface area contributed by atoms with E-state index in [0.717, 1.165) is 49.4 Å². The number of amides is 1. The van der Waals surface area contributed by atoms with Gasteiger partial charge in [0.1, 0.15) is 0 Å². The zero-order chi connectivity index (χ0) is 23.4. The number of ether oxygens (including phenoxy) is 1. The second-order valence-corrected chi connectivity index (χ2v) is 7.78. The number of anilines is 2. The predicted molar refractivity (Wildman–Crippen MR) is 119 cm³/mol. The van der Waals surface area contributed by atoms with Crippen molar-refractivity contribution in [3.05, 3.63) is 53.7 Å². The van der Waals surface area contributed by atoms with Gasteiger partial charge in [0.2, 0.25) is 5.95 Å². The highest BCUT2D eigenvalue weighted by Gasteiger charge is 2.33. The number of piperidine rings is 1. The lowest BCUT2D eigenvalue weighted by Gasteiger charge is -2.24. The number of alkyl halides is 3. The van der Waals surface area contributed by atoms with Crippen LogP contribution in [0.15, 0.2) is 42.6 Å². The Hall–Kier alpha value is -3.40. The molecule has 0 unspecified atom stereocenters. The summed E-state index contributed by atoms with van der Waals surface area (Å²) in [7, 11) is 0. The van der Waals surface area contributed by atoms with Crippen molar-refractivity contribution in [2.45, 2.75) is 38.6 Å². The van der Waals surface area contributed by atoms with Crippen LogP contribution in [0.5, 0.6) is 5.75 Å². The van der Waals surface area contributed by atoms with Crippen molar-refractivity contribution in [2.24, 2.45) is 0 Å². The van der Waals surface area contributed by atoms with Gasteiger partial charge in [-0.2, -0.15) is 0 Å². The molecule has 0 bridgehead atoms. The van der Waals surface area contributed by atoms with Crippen molar-refractivity contribution in [3.63, 3.8) is 0 Å². The molecule has 10 heteroatoms. The third-order valence-electron chi connectivity index (χ3n) is 5.47. The normalized spacial score (nSPS) is 14.8. The van der Waals surface area contributed by atoms with E-state index in [4.69, 9.17) is 0 Å². The van der Waals surface area contributed by atoms with Crippen LogP contribution in [0.2, 0.25) is 0 Å². The second-order valence-electron chi connectivity index (χ2n) is 7.78. The number of hydrogen-bond acceptors (Lipinski definition) is 6. The molecule has 0 radical (unpaired) electrons. The highest BCUT2D eigenvalue weighted by molar-refractivity contribution is 5.95. The first-order chi connectivity index (χ1) is 15.8. The largest absolute Gasteiger partial charge is 0.573 e. The first-order valence-electron chi connectivity index (χ1n) is 10.8. The lowest BCUT2D eigenvalue weighted by atomic mass is 10.1. The van der Waals surface area contributed by atoms with E-state index in [0.29, 0.717) is 5.52 Å². The number of carbonyl (C=O) groups is 1. The van der Waals surface area contributed by atoms with Crippen LogP contribution in [-0.2, 0) is 6.42 Å². The van der Waals surface area contributed by atoms with Crippen molar-refractivity contribution in [2.75, 3.05) is 18.4 Å². The summed E-state index contributed by atoms with van der Waals surface area (Å²) in [4.78, 5) is 21.3. The van der Waals surface area contributed by atoms with Crippen LogP contribution in [0, 0.1) is 0 Å². The molecule has 1 aliphatic heterocycles. The number of carbonyl (C=O) groups excluding carboxylic acids is 1. The van der Waals surface area contributed by atoms with E-state index in [9.17, 15) is 18.0 Å². The summed E-state index contributed by atoms with van der Waals surface area (Å²) in [5, 5.41) is 9.69. The lowest BCUT2D eigenvalue weighted by molar-refractivity contribution is -0.274. The number of aromatic nitrogens is 2. The van der Waals surface area contributed by atoms with Crippen LogP contribution in [0.25, 0.3) is 10.9 Å². The fourth-order valence-electron chi connectivity index (χ4n) is 3.79. The summed E-state index contributed by atoms with van der Waals surface area (Å²) in [6.45, 7) is 3.55. The van der Waals surface area contributed by atoms with Crippen LogP contribution in [0.4, 0.5) is 24.8 Å². The minimum atomic E-state index is -4.93. The summed E-state index contributed by atoms with van der Waals surface area (Å²) in [6, 6.07) is 9.56. The number of rotatable bonds is 6. The molecule has 0 atom stereocenters. The summed E-state index contributed by atoms with van der Waals surface area (Å²) in [5.41, 5.74) is 1.79. The average Bonchev–Trinajstić information content (AvgIpc) is 2.79. The zero-order valence-corrected chi connectivity index (χ0v) is 18.0. The van der Waals surface area contributed by atoms with Crippen molar-refractivity contribution < 1.29 is 22.7 Å². The molecule has 2 heterocycles. The molecule has 3 aromatic rings. The zero-order valence-electron chi connectivity index (χ0n) is 18.0. The van der Waals surface area contributed by atoms with Crippen molar-refractivity contribution in [1.82, 2.24) is 20.6 Å². The number of aryl methyl sites for hydroxylation is 1. The van der Waals surface area contributed by atoms with Gasteiger partial charge < -0.3 is 20.7 Å². The quantitative estimate of drug-likeness (QED) is 0.509. The molecule has 0 spiro atoms. The maximum Gasteiger partial charge on any atom is 0.573 e. The molecule has 33 heavy (non-hydrogen) atoms. The molecule has 1 amide bonds. The molecule has 2 aromatic carbocycles. The van der Waals surface area contributed by atoms with Gasteiger partial charge in [-0.1, -0.05) is 25.1 Å². The minimum Gasteiger partial charge on any atom is -0.404 e. The van der Waals surface area contributed by atoms with Crippen LogP contribution in [-0.4, -0.2) is 41.4 Å². The number of nitrogens with one attached hydrogen (secondary N) is 3. The number of fused-ring (bicyclic) bond motifs is 1. The van der Waals surface area contributed by atoms with E-state index in [1.165, 1.54) is 12.1 Å².